The molecule has 0 saturated carbocycles. The van der Waals surface area contributed by atoms with Crippen molar-refractivity contribution in [1.29, 1.82) is 0 Å². The molecule has 0 aromatic heterocycles. The highest BCUT2D eigenvalue weighted by Crippen LogP contribution is 2.25. The topological polar surface area (TPSA) is 47.6 Å². The van der Waals surface area contributed by atoms with Crippen LogP contribution in [0.2, 0.25) is 0 Å². The van der Waals surface area contributed by atoms with Crippen molar-refractivity contribution in [1.82, 2.24) is 0 Å². The Balaban J connectivity index is 2.91. The highest BCUT2D eigenvalue weighted by atomic mass is 79.9. The molecule has 0 spiro atoms. The summed E-state index contributed by atoms with van der Waals surface area (Å²) in [4.78, 5) is 11.9. The standard InChI is InChI=1S/C13H18BrNO3/c1-4-18-9-13(2,12(16)17-3)15-11-8-6-5-7-10(11)14/h5-8,15H,4,9H2,1-3H3. The number of halogens is 1. The van der Waals surface area contributed by atoms with Crippen LogP contribution in [0.1, 0.15) is 13.8 Å². The Labute approximate surface area is 116 Å². The van der Waals surface area contributed by atoms with Crippen LogP contribution in [0, 0.1) is 0 Å². The zero-order valence-corrected chi connectivity index (χ0v) is 12.4. The van der Waals surface area contributed by atoms with Gasteiger partial charge in [0.25, 0.3) is 0 Å². The summed E-state index contributed by atoms with van der Waals surface area (Å²) >= 11 is 3.43. The zero-order chi connectivity index (χ0) is 13.6. The van der Waals surface area contributed by atoms with Crippen LogP contribution >= 0.6 is 15.9 Å². The summed E-state index contributed by atoms with van der Waals surface area (Å²) in [5, 5.41) is 3.16. The largest absolute Gasteiger partial charge is 0.467 e. The van der Waals surface area contributed by atoms with Gasteiger partial charge in [0.2, 0.25) is 0 Å². The minimum absolute atomic E-state index is 0.248. The fraction of sp³-hybridized carbons (Fsp3) is 0.462. The molecule has 0 radical (unpaired) electrons. The van der Waals surface area contributed by atoms with Crippen LogP contribution in [0.25, 0.3) is 0 Å². The number of carbonyl (C=O) groups excluding carboxylic acids is 1. The average molecular weight is 316 g/mol. The van der Waals surface area contributed by atoms with Gasteiger partial charge in [-0.15, -0.1) is 0 Å². The summed E-state index contributed by atoms with van der Waals surface area (Å²) in [6.45, 7) is 4.44. The van der Waals surface area contributed by atoms with E-state index in [0.29, 0.717) is 6.61 Å². The summed E-state index contributed by atoms with van der Waals surface area (Å²) in [5.41, 5.74) is -0.0839. The predicted molar refractivity (Wildman–Crippen MR) is 74.7 cm³/mol. The quantitative estimate of drug-likeness (QED) is 0.820. The van der Waals surface area contributed by atoms with Crippen LogP contribution in [0.5, 0.6) is 0 Å². The van der Waals surface area contributed by atoms with E-state index in [1.165, 1.54) is 7.11 Å². The van der Waals surface area contributed by atoms with Crippen LogP contribution in [0.4, 0.5) is 5.69 Å². The zero-order valence-electron chi connectivity index (χ0n) is 10.8. The summed E-state index contributed by atoms with van der Waals surface area (Å²) in [5.74, 6) is -0.355. The molecular weight excluding hydrogens is 298 g/mol. The van der Waals surface area contributed by atoms with E-state index in [9.17, 15) is 4.79 Å². The second-order valence-corrected chi connectivity index (χ2v) is 4.92. The van der Waals surface area contributed by atoms with Gasteiger partial charge in [-0.25, -0.2) is 4.79 Å². The molecule has 0 aliphatic carbocycles. The molecule has 0 saturated heterocycles. The van der Waals surface area contributed by atoms with Crippen molar-refractivity contribution in [3.8, 4) is 0 Å². The van der Waals surface area contributed by atoms with Crippen molar-refractivity contribution < 1.29 is 14.3 Å². The van der Waals surface area contributed by atoms with Gasteiger partial charge < -0.3 is 14.8 Å². The number of methoxy groups -OCH3 is 1. The lowest BCUT2D eigenvalue weighted by Gasteiger charge is -2.29. The number of nitrogens with one attached hydrogen (secondary N) is 1. The number of carbonyl (C=O) groups is 1. The average Bonchev–Trinajstić information content (AvgIpc) is 2.38. The lowest BCUT2D eigenvalue weighted by Crippen LogP contribution is -2.48. The highest BCUT2D eigenvalue weighted by Gasteiger charge is 2.35. The first-order chi connectivity index (χ1) is 8.53. The molecule has 1 aromatic rings. The maximum atomic E-state index is 11.9. The number of anilines is 1. The Hall–Kier alpha value is -1.07. The lowest BCUT2D eigenvalue weighted by atomic mass is 10.0. The molecule has 4 nitrogen and oxygen atoms in total. The van der Waals surface area contributed by atoms with Crippen molar-refractivity contribution in [2.45, 2.75) is 19.4 Å². The molecule has 0 aliphatic heterocycles. The van der Waals surface area contributed by atoms with Gasteiger partial charge >= 0.3 is 5.97 Å². The van der Waals surface area contributed by atoms with E-state index in [4.69, 9.17) is 9.47 Å². The smallest absolute Gasteiger partial charge is 0.333 e. The third kappa shape index (κ3) is 3.71. The number of benzene rings is 1. The Morgan fingerprint density at radius 3 is 2.67 bits per heavy atom. The van der Waals surface area contributed by atoms with E-state index in [2.05, 4.69) is 21.2 Å². The van der Waals surface area contributed by atoms with E-state index >= 15 is 0 Å². The third-order valence-electron chi connectivity index (χ3n) is 2.52. The normalized spacial score (nSPS) is 13.8. The summed E-state index contributed by atoms with van der Waals surface area (Å²) in [6.07, 6.45) is 0. The van der Waals surface area contributed by atoms with Crippen molar-refractivity contribution in [2.75, 3.05) is 25.6 Å². The van der Waals surface area contributed by atoms with Gasteiger partial charge in [0.05, 0.1) is 13.7 Å². The minimum atomic E-state index is -0.908. The van der Waals surface area contributed by atoms with E-state index in [1.807, 2.05) is 31.2 Å². The molecule has 1 unspecified atom stereocenters. The van der Waals surface area contributed by atoms with E-state index in [-0.39, 0.29) is 12.6 Å². The summed E-state index contributed by atoms with van der Waals surface area (Å²) in [7, 11) is 1.37. The van der Waals surface area contributed by atoms with Crippen molar-refractivity contribution in [3.63, 3.8) is 0 Å². The maximum Gasteiger partial charge on any atom is 0.333 e. The van der Waals surface area contributed by atoms with Crippen LogP contribution in [-0.2, 0) is 14.3 Å². The van der Waals surface area contributed by atoms with Crippen molar-refractivity contribution in [3.05, 3.63) is 28.7 Å². The Morgan fingerprint density at radius 1 is 1.44 bits per heavy atom. The van der Waals surface area contributed by atoms with E-state index < -0.39 is 5.54 Å². The monoisotopic (exact) mass is 315 g/mol. The number of para-hydroxylation sites is 1. The van der Waals surface area contributed by atoms with Gasteiger partial charge in [-0.2, -0.15) is 0 Å². The molecular formula is C13H18BrNO3. The Bertz CT molecular complexity index is 411. The highest BCUT2D eigenvalue weighted by molar-refractivity contribution is 9.10. The van der Waals surface area contributed by atoms with Gasteiger partial charge in [0, 0.05) is 16.8 Å². The van der Waals surface area contributed by atoms with E-state index in [1.54, 1.807) is 6.92 Å². The predicted octanol–water partition coefficient (Wildman–Crippen LogP) is 2.83. The molecule has 5 heteroatoms. The molecule has 18 heavy (non-hydrogen) atoms. The first-order valence-corrected chi connectivity index (χ1v) is 6.51. The lowest BCUT2D eigenvalue weighted by molar-refractivity contribution is -0.147. The molecule has 0 aliphatic rings. The number of esters is 1. The first-order valence-electron chi connectivity index (χ1n) is 5.72. The molecule has 0 bridgehead atoms. The van der Waals surface area contributed by atoms with Gasteiger partial charge in [-0.3, -0.25) is 0 Å². The Kier molecular flexibility index (Phi) is 5.62. The fourth-order valence-corrected chi connectivity index (χ4v) is 1.92. The summed E-state index contributed by atoms with van der Waals surface area (Å²) < 4.78 is 11.1. The molecule has 1 N–H and O–H groups in total. The molecule has 0 fully saturated rings. The molecule has 1 atom stereocenters. The van der Waals surface area contributed by atoms with Crippen LogP contribution < -0.4 is 5.32 Å². The summed E-state index contributed by atoms with van der Waals surface area (Å²) in [6, 6.07) is 7.59. The van der Waals surface area contributed by atoms with Gasteiger partial charge in [-0.05, 0) is 41.9 Å². The van der Waals surface area contributed by atoms with Gasteiger partial charge in [-0.1, -0.05) is 12.1 Å². The number of hydrogen-bond acceptors (Lipinski definition) is 4. The molecule has 0 heterocycles. The minimum Gasteiger partial charge on any atom is -0.467 e. The molecule has 100 valence electrons. The first kappa shape index (κ1) is 15.0. The SMILES string of the molecule is CCOCC(C)(Nc1ccccc1Br)C(=O)OC. The second-order valence-electron chi connectivity index (χ2n) is 4.07. The van der Waals surface area contributed by atoms with Crippen LogP contribution in [0.15, 0.2) is 28.7 Å². The molecule has 0 amide bonds. The van der Waals surface area contributed by atoms with Crippen molar-refractivity contribution >= 4 is 27.6 Å². The number of ether oxygens (including phenoxy) is 2. The number of hydrogen-bond donors (Lipinski definition) is 1. The van der Waals surface area contributed by atoms with E-state index in [0.717, 1.165) is 10.2 Å². The Morgan fingerprint density at radius 2 is 2.11 bits per heavy atom. The number of rotatable bonds is 6. The fourth-order valence-electron chi connectivity index (χ4n) is 1.54. The van der Waals surface area contributed by atoms with Gasteiger partial charge in [0.1, 0.15) is 0 Å². The van der Waals surface area contributed by atoms with Gasteiger partial charge in [0.15, 0.2) is 5.54 Å². The second kappa shape index (κ2) is 6.75. The van der Waals surface area contributed by atoms with Crippen LogP contribution in [0.3, 0.4) is 0 Å². The van der Waals surface area contributed by atoms with Crippen LogP contribution in [-0.4, -0.2) is 31.8 Å². The maximum absolute atomic E-state index is 11.9. The molecule has 1 aromatic carbocycles. The van der Waals surface area contributed by atoms with Crippen molar-refractivity contribution in [2.24, 2.45) is 0 Å². The third-order valence-corrected chi connectivity index (χ3v) is 3.21. The molecule has 1 rings (SSSR count).